The quantitative estimate of drug-likeness (QED) is 0.623. The van der Waals surface area contributed by atoms with Crippen LogP contribution in [-0.2, 0) is 7.05 Å². The topological polar surface area (TPSA) is 16.8 Å². The van der Waals surface area contributed by atoms with Crippen molar-refractivity contribution in [3.8, 4) is 11.3 Å². The van der Waals surface area contributed by atoms with Gasteiger partial charge in [0.25, 0.3) is 0 Å². The standard InChI is InChI=1S/C21H25N2/c1-13(2)19-11-22-10-17-9-21(23(6)12-20(17)19)18-8-14(3)7-15(4)16(18)5/h7-13H,1-6H3/q+1. The average Bonchev–Trinajstić information content (AvgIpc) is 2.49. The summed E-state index contributed by atoms with van der Waals surface area (Å²) in [5.41, 5.74) is 7.85. The van der Waals surface area contributed by atoms with E-state index in [9.17, 15) is 0 Å². The van der Waals surface area contributed by atoms with Crippen LogP contribution in [0.15, 0.2) is 36.8 Å². The van der Waals surface area contributed by atoms with Gasteiger partial charge >= 0.3 is 0 Å². The van der Waals surface area contributed by atoms with Gasteiger partial charge in [0, 0.05) is 29.4 Å². The Kier molecular flexibility index (Phi) is 3.93. The predicted octanol–water partition coefficient (Wildman–Crippen LogP) is 4.77. The van der Waals surface area contributed by atoms with Crippen LogP contribution in [0.1, 0.15) is 42.0 Å². The summed E-state index contributed by atoms with van der Waals surface area (Å²) < 4.78 is 2.25. The second-order valence-electron chi connectivity index (χ2n) is 6.91. The number of benzene rings is 1. The summed E-state index contributed by atoms with van der Waals surface area (Å²) in [7, 11) is 2.14. The lowest BCUT2D eigenvalue weighted by atomic mass is 9.95. The molecule has 0 aliphatic rings. The summed E-state index contributed by atoms with van der Waals surface area (Å²) in [5.74, 6) is 0.472. The van der Waals surface area contributed by atoms with E-state index in [0.29, 0.717) is 5.92 Å². The van der Waals surface area contributed by atoms with Crippen LogP contribution in [-0.4, -0.2) is 4.98 Å². The molecule has 0 spiro atoms. The highest BCUT2D eigenvalue weighted by Crippen LogP contribution is 2.29. The van der Waals surface area contributed by atoms with Crippen LogP contribution in [0, 0.1) is 20.8 Å². The number of hydrogen-bond acceptors (Lipinski definition) is 1. The zero-order valence-corrected chi connectivity index (χ0v) is 14.9. The van der Waals surface area contributed by atoms with Gasteiger partial charge in [0.1, 0.15) is 7.05 Å². The Morgan fingerprint density at radius 1 is 1.00 bits per heavy atom. The van der Waals surface area contributed by atoms with Gasteiger partial charge in [0.2, 0.25) is 5.69 Å². The van der Waals surface area contributed by atoms with Crippen molar-refractivity contribution in [2.75, 3.05) is 0 Å². The molecule has 0 radical (unpaired) electrons. The zero-order valence-electron chi connectivity index (χ0n) is 14.9. The Morgan fingerprint density at radius 3 is 2.43 bits per heavy atom. The zero-order chi connectivity index (χ0) is 16.7. The molecule has 0 aliphatic heterocycles. The Bertz CT molecular complexity index is 892. The second-order valence-corrected chi connectivity index (χ2v) is 6.91. The van der Waals surface area contributed by atoms with Crippen LogP contribution in [0.5, 0.6) is 0 Å². The van der Waals surface area contributed by atoms with E-state index < -0.39 is 0 Å². The van der Waals surface area contributed by atoms with Crippen molar-refractivity contribution in [2.45, 2.75) is 40.5 Å². The molecule has 2 aromatic heterocycles. The molecule has 3 aromatic rings. The van der Waals surface area contributed by atoms with E-state index in [2.05, 4.69) is 75.6 Å². The minimum Gasteiger partial charge on any atom is -0.264 e. The van der Waals surface area contributed by atoms with Gasteiger partial charge in [-0.2, -0.15) is 0 Å². The number of hydrogen-bond donors (Lipinski definition) is 0. The van der Waals surface area contributed by atoms with Crippen molar-refractivity contribution in [3.05, 3.63) is 59.0 Å². The number of fused-ring (bicyclic) bond motifs is 1. The molecule has 0 aliphatic carbocycles. The molecule has 0 atom stereocenters. The van der Waals surface area contributed by atoms with E-state index in [1.54, 1.807) is 0 Å². The highest BCUT2D eigenvalue weighted by Gasteiger charge is 2.17. The molecule has 23 heavy (non-hydrogen) atoms. The van der Waals surface area contributed by atoms with Crippen LogP contribution >= 0.6 is 0 Å². The van der Waals surface area contributed by atoms with E-state index in [1.807, 2.05) is 12.4 Å². The fourth-order valence-corrected chi connectivity index (χ4v) is 3.31. The Labute approximate surface area is 138 Å². The molecule has 1 aromatic carbocycles. The van der Waals surface area contributed by atoms with E-state index >= 15 is 0 Å². The molecule has 0 saturated carbocycles. The SMILES string of the molecule is Cc1cc(C)c(C)c(-c2cc3cncc(C(C)C)c3c[n+]2C)c1. The Morgan fingerprint density at radius 2 is 1.74 bits per heavy atom. The summed E-state index contributed by atoms with van der Waals surface area (Å²) in [4.78, 5) is 4.45. The largest absolute Gasteiger partial charge is 0.264 e. The third-order valence-corrected chi connectivity index (χ3v) is 4.75. The molecule has 0 N–H and O–H groups in total. The number of rotatable bonds is 2. The lowest BCUT2D eigenvalue weighted by Gasteiger charge is -2.12. The maximum atomic E-state index is 4.45. The lowest BCUT2D eigenvalue weighted by Crippen LogP contribution is -2.31. The molecule has 2 heteroatoms. The summed E-state index contributed by atoms with van der Waals surface area (Å²) >= 11 is 0. The molecule has 2 nitrogen and oxygen atoms in total. The highest BCUT2D eigenvalue weighted by atomic mass is 14.9. The average molecular weight is 305 g/mol. The Hall–Kier alpha value is -2.22. The summed E-state index contributed by atoms with van der Waals surface area (Å²) in [6, 6.07) is 6.80. The van der Waals surface area contributed by atoms with Crippen LogP contribution in [0.3, 0.4) is 0 Å². The number of nitrogens with zero attached hydrogens (tertiary/aromatic N) is 2. The number of pyridine rings is 2. The minimum atomic E-state index is 0.472. The van der Waals surface area contributed by atoms with Gasteiger partial charge in [-0.25, -0.2) is 4.57 Å². The second kappa shape index (κ2) is 5.77. The van der Waals surface area contributed by atoms with Crippen LogP contribution in [0.2, 0.25) is 0 Å². The van der Waals surface area contributed by atoms with Crippen molar-refractivity contribution in [1.82, 2.24) is 4.98 Å². The molecule has 2 heterocycles. The van der Waals surface area contributed by atoms with Crippen molar-refractivity contribution < 1.29 is 4.57 Å². The smallest absolute Gasteiger partial charge is 0.213 e. The fourth-order valence-electron chi connectivity index (χ4n) is 3.31. The molecule has 0 amide bonds. The maximum absolute atomic E-state index is 4.45. The maximum Gasteiger partial charge on any atom is 0.213 e. The van der Waals surface area contributed by atoms with Crippen molar-refractivity contribution in [1.29, 1.82) is 0 Å². The molecular weight excluding hydrogens is 280 g/mol. The first kappa shape index (κ1) is 15.7. The normalized spacial score (nSPS) is 11.4. The van der Waals surface area contributed by atoms with Crippen LogP contribution < -0.4 is 4.57 Å². The summed E-state index contributed by atoms with van der Waals surface area (Å²) in [6.45, 7) is 11.0. The van der Waals surface area contributed by atoms with E-state index in [-0.39, 0.29) is 0 Å². The van der Waals surface area contributed by atoms with E-state index in [0.717, 1.165) is 0 Å². The molecule has 0 unspecified atom stereocenters. The van der Waals surface area contributed by atoms with Crippen molar-refractivity contribution in [3.63, 3.8) is 0 Å². The third kappa shape index (κ3) is 2.74. The van der Waals surface area contributed by atoms with Crippen molar-refractivity contribution in [2.24, 2.45) is 7.05 Å². The molecular formula is C21H25N2+. The Balaban J connectivity index is 2.31. The number of aromatic nitrogens is 2. The molecule has 3 rings (SSSR count). The first-order valence-corrected chi connectivity index (χ1v) is 8.24. The first-order valence-electron chi connectivity index (χ1n) is 8.24. The fraction of sp³-hybridized carbons (Fsp3) is 0.333. The van der Waals surface area contributed by atoms with Gasteiger partial charge in [-0.3, -0.25) is 4.98 Å². The molecule has 0 saturated heterocycles. The summed E-state index contributed by atoms with van der Waals surface area (Å²) in [5, 5.41) is 2.51. The van der Waals surface area contributed by atoms with Gasteiger partial charge in [-0.05, 0) is 49.4 Å². The molecule has 0 bridgehead atoms. The van der Waals surface area contributed by atoms with Gasteiger partial charge in [-0.1, -0.05) is 25.5 Å². The summed E-state index contributed by atoms with van der Waals surface area (Å²) in [6.07, 6.45) is 6.22. The van der Waals surface area contributed by atoms with Crippen molar-refractivity contribution >= 4 is 10.8 Å². The molecule has 0 fully saturated rings. The predicted molar refractivity (Wildman–Crippen MR) is 96.7 cm³/mol. The van der Waals surface area contributed by atoms with Crippen LogP contribution in [0.4, 0.5) is 0 Å². The monoisotopic (exact) mass is 305 g/mol. The van der Waals surface area contributed by atoms with E-state index in [4.69, 9.17) is 0 Å². The van der Waals surface area contributed by atoms with Gasteiger partial charge in [0.05, 0.1) is 5.39 Å². The first-order chi connectivity index (χ1) is 10.9. The van der Waals surface area contributed by atoms with E-state index in [1.165, 1.54) is 44.3 Å². The van der Waals surface area contributed by atoms with Gasteiger partial charge < -0.3 is 0 Å². The number of aryl methyl sites for hydroxylation is 3. The van der Waals surface area contributed by atoms with Gasteiger partial charge in [-0.15, -0.1) is 0 Å². The van der Waals surface area contributed by atoms with Crippen LogP contribution in [0.25, 0.3) is 22.0 Å². The minimum absolute atomic E-state index is 0.472. The highest BCUT2D eigenvalue weighted by molar-refractivity contribution is 5.86. The lowest BCUT2D eigenvalue weighted by molar-refractivity contribution is -0.659. The van der Waals surface area contributed by atoms with Gasteiger partial charge in [0.15, 0.2) is 6.20 Å². The third-order valence-electron chi connectivity index (χ3n) is 4.75. The molecule has 118 valence electrons.